The Kier molecular flexibility index (Phi) is 32.8. The van der Waals surface area contributed by atoms with E-state index in [1.165, 1.54) is 51.4 Å². The summed E-state index contributed by atoms with van der Waals surface area (Å²) in [6.45, 7) is 3.62. The summed E-state index contributed by atoms with van der Waals surface area (Å²) in [6.07, 6.45) is 34.8. The molecule has 0 saturated carbocycles. The minimum atomic E-state index is -4.37. The van der Waals surface area contributed by atoms with E-state index in [1.54, 1.807) is 0 Å². The van der Waals surface area contributed by atoms with Crippen molar-refractivity contribution in [3.05, 3.63) is 36.5 Å². The van der Waals surface area contributed by atoms with Crippen LogP contribution in [0.5, 0.6) is 0 Å². The number of ether oxygens (including phenoxy) is 2. The van der Waals surface area contributed by atoms with E-state index in [2.05, 4.69) is 50.3 Å². The van der Waals surface area contributed by atoms with Gasteiger partial charge in [-0.1, -0.05) is 127 Å². The molecule has 0 aromatic carbocycles. The van der Waals surface area contributed by atoms with Crippen LogP contribution >= 0.6 is 7.82 Å². The van der Waals surface area contributed by atoms with Crippen LogP contribution in [0, 0.1) is 0 Å². The van der Waals surface area contributed by atoms with E-state index in [1.807, 2.05) is 0 Å². The Morgan fingerprint density at radius 1 is 0.638 bits per heavy atom. The van der Waals surface area contributed by atoms with Crippen molar-refractivity contribution in [2.24, 2.45) is 5.73 Å². The highest BCUT2D eigenvalue weighted by atomic mass is 31.2. The first-order valence-corrected chi connectivity index (χ1v) is 20.0. The highest BCUT2D eigenvalue weighted by molar-refractivity contribution is 7.47. The number of phosphoric ester groups is 1. The van der Waals surface area contributed by atoms with Gasteiger partial charge in [0, 0.05) is 19.4 Å². The molecule has 0 aliphatic carbocycles. The fraction of sp³-hybridized carbons (Fsp3) is 0.784. The summed E-state index contributed by atoms with van der Waals surface area (Å²) in [5.74, 6) is -0.852. The fourth-order valence-corrected chi connectivity index (χ4v) is 5.52. The molecule has 3 N–H and O–H groups in total. The molecule has 9 nitrogen and oxygen atoms in total. The zero-order valence-electron chi connectivity index (χ0n) is 29.8. The predicted molar refractivity (Wildman–Crippen MR) is 192 cm³/mol. The second kappa shape index (κ2) is 34.1. The summed E-state index contributed by atoms with van der Waals surface area (Å²) in [5.41, 5.74) is 5.31. The average molecular weight is 686 g/mol. The minimum absolute atomic E-state index is 0.0508. The van der Waals surface area contributed by atoms with Gasteiger partial charge in [0.1, 0.15) is 6.61 Å². The van der Waals surface area contributed by atoms with Gasteiger partial charge < -0.3 is 20.1 Å². The van der Waals surface area contributed by atoms with Gasteiger partial charge in [-0.05, 0) is 51.4 Å². The normalized spacial score (nSPS) is 13.9. The molecule has 0 aromatic heterocycles. The molecule has 10 heteroatoms. The lowest BCUT2D eigenvalue weighted by Crippen LogP contribution is -2.29. The number of hydrogen-bond donors (Lipinski definition) is 2. The summed E-state index contributed by atoms with van der Waals surface area (Å²) in [5, 5.41) is 0. The van der Waals surface area contributed by atoms with Gasteiger partial charge in [0.2, 0.25) is 0 Å². The molecule has 0 amide bonds. The Hall–Kier alpha value is -1.77. The van der Waals surface area contributed by atoms with Gasteiger partial charge in [0.25, 0.3) is 0 Å². The highest BCUT2D eigenvalue weighted by Gasteiger charge is 2.25. The van der Waals surface area contributed by atoms with Gasteiger partial charge in [-0.15, -0.1) is 0 Å². The first-order chi connectivity index (χ1) is 22.8. The zero-order chi connectivity index (χ0) is 34.7. The summed E-state index contributed by atoms with van der Waals surface area (Å²) >= 11 is 0. The summed E-state index contributed by atoms with van der Waals surface area (Å²) in [6, 6.07) is 0. The maximum absolute atomic E-state index is 12.5. The number of esters is 2. The molecule has 0 aromatic rings. The molecule has 0 fully saturated rings. The number of allylic oxidation sites excluding steroid dienone is 6. The third-order valence-electron chi connectivity index (χ3n) is 7.53. The molecular weight excluding hydrogens is 617 g/mol. The Bertz CT molecular complexity index is 876. The van der Waals surface area contributed by atoms with Crippen molar-refractivity contribution in [3.63, 3.8) is 0 Å². The van der Waals surface area contributed by atoms with E-state index in [9.17, 15) is 19.0 Å². The zero-order valence-corrected chi connectivity index (χ0v) is 30.7. The summed E-state index contributed by atoms with van der Waals surface area (Å²) in [4.78, 5) is 34.5. The topological polar surface area (TPSA) is 134 Å². The fourth-order valence-electron chi connectivity index (χ4n) is 4.76. The number of phosphoric acid groups is 1. The van der Waals surface area contributed by atoms with E-state index < -0.39 is 32.5 Å². The lowest BCUT2D eigenvalue weighted by molar-refractivity contribution is -0.161. The van der Waals surface area contributed by atoms with Crippen LogP contribution in [-0.2, 0) is 32.7 Å². The van der Waals surface area contributed by atoms with Crippen LogP contribution in [0.25, 0.3) is 0 Å². The molecule has 0 radical (unpaired) electrons. The number of nitrogens with two attached hydrogens (primary N) is 1. The van der Waals surface area contributed by atoms with E-state index in [0.717, 1.165) is 70.6 Å². The number of rotatable bonds is 34. The van der Waals surface area contributed by atoms with E-state index in [4.69, 9.17) is 24.3 Å². The minimum Gasteiger partial charge on any atom is -0.462 e. The van der Waals surface area contributed by atoms with Crippen LogP contribution < -0.4 is 5.73 Å². The van der Waals surface area contributed by atoms with Crippen LogP contribution in [0.3, 0.4) is 0 Å². The molecule has 2 atom stereocenters. The maximum Gasteiger partial charge on any atom is 0.472 e. The van der Waals surface area contributed by atoms with Crippen LogP contribution in [0.4, 0.5) is 0 Å². The van der Waals surface area contributed by atoms with E-state index in [0.29, 0.717) is 6.42 Å². The largest absolute Gasteiger partial charge is 0.472 e. The molecule has 0 heterocycles. The SMILES string of the molecule is CCCCC/C=C\C/C=C\C/C=C\CCCCCCCCC(=O)OC(COC(=O)CCCCCCCCC)COP(=O)(O)OCCN. The third kappa shape index (κ3) is 33.9. The van der Waals surface area contributed by atoms with Crippen LogP contribution in [0.15, 0.2) is 36.5 Å². The molecule has 0 bridgehead atoms. The molecule has 274 valence electrons. The van der Waals surface area contributed by atoms with E-state index in [-0.39, 0.29) is 32.6 Å². The first kappa shape index (κ1) is 45.2. The lowest BCUT2D eigenvalue weighted by atomic mass is 10.1. The molecule has 0 saturated heterocycles. The van der Waals surface area contributed by atoms with Crippen molar-refractivity contribution in [3.8, 4) is 0 Å². The molecular formula is C37H68NO8P. The maximum atomic E-state index is 12.5. The summed E-state index contributed by atoms with van der Waals surface area (Å²) in [7, 11) is -4.37. The van der Waals surface area contributed by atoms with Crippen LogP contribution in [0.1, 0.15) is 155 Å². The third-order valence-corrected chi connectivity index (χ3v) is 8.51. The first-order valence-electron chi connectivity index (χ1n) is 18.5. The van der Waals surface area contributed by atoms with Crippen LogP contribution in [-0.4, -0.2) is 49.3 Å². The number of carbonyl (C=O) groups excluding carboxylic acids is 2. The van der Waals surface area contributed by atoms with E-state index >= 15 is 0 Å². The Morgan fingerprint density at radius 3 is 1.68 bits per heavy atom. The molecule has 0 spiro atoms. The van der Waals surface area contributed by atoms with Gasteiger partial charge in [-0.2, -0.15) is 0 Å². The second-order valence-electron chi connectivity index (χ2n) is 12.1. The van der Waals surface area contributed by atoms with Crippen LogP contribution in [0.2, 0.25) is 0 Å². The van der Waals surface area contributed by atoms with Gasteiger partial charge in [0.05, 0.1) is 13.2 Å². The second-order valence-corrected chi connectivity index (χ2v) is 13.5. The highest BCUT2D eigenvalue weighted by Crippen LogP contribution is 2.43. The summed E-state index contributed by atoms with van der Waals surface area (Å²) < 4.78 is 32.5. The molecule has 0 aliphatic rings. The Labute approximate surface area is 286 Å². The van der Waals surface area contributed by atoms with Gasteiger partial charge >= 0.3 is 19.8 Å². The Morgan fingerprint density at radius 2 is 1.11 bits per heavy atom. The monoisotopic (exact) mass is 685 g/mol. The predicted octanol–water partition coefficient (Wildman–Crippen LogP) is 9.82. The number of carbonyl (C=O) groups is 2. The van der Waals surface area contributed by atoms with Gasteiger partial charge in [0.15, 0.2) is 6.10 Å². The molecule has 0 rings (SSSR count). The number of hydrogen-bond acceptors (Lipinski definition) is 8. The number of unbranched alkanes of at least 4 members (excludes halogenated alkanes) is 15. The molecule has 0 aliphatic heterocycles. The van der Waals surface area contributed by atoms with Gasteiger partial charge in [-0.25, -0.2) is 4.57 Å². The van der Waals surface area contributed by atoms with Crippen molar-refractivity contribution in [1.29, 1.82) is 0 Å². The quantitative estimate of drug-likeness (QED) is 0.0294. The Balaban J connectivity index is 4.19. The standard InChI is InChI=1S/C37H68NO8P/c1-3-5-7-9-11-12-13-14-15-16-17-18-19-20-21-22-24-26-28-30-37(40)46-35(34-45-47(41,42)44-32-31-38)33-43-36(39)29-27-25-23-10-8-6-4-2/h11-12,14-15,17-18,35H,3-10,13,16,19-34,38H2,1-2H3,(H,41,42)/b12-11-,15-14-,18-17-. The molecule has 47 heavy (non-hydrogen) atoms. The van der Waals surface area contributed by atoms with Crippen molar-refractivity contribution in [1.82, 2.24) is 0 Å². The van der Waals surface area contributed by atoms with Crippen molar-refractivity contribution in [2.75, 3.05) is 26.4 Å². The van der Waals surface area contributed by atoms with Crippen molar-refractivity contribution >= 4 is 19.8 Å². The van der Waals surface area contributed by atoms with Gasteiger partial charge in [-0.3, -0.25) is 18.6 Å². The van der Waals surface area contributed by atoms with Crippen molar-refractivity contribution in [2.45, 2.75) is 161 Å². The van der Waals surface area contributed by atoms with Crippen molar-refractivity contribution < 1.29 is 37.6 Å². The molecule has 2 unspecified atom stereocenters. The lowest BCUT2D eigenvalue weighted by Gasteiger charge is -2.19. The smallest absolute Gasteiger partial charge is 0.462 e. The average Bonchev–Trinajstić information content (AvgIpc) is 3.05.